The van der Waals surface area contributed by atoms with Gasteiger partial charge < -0.3 is 10.0 Å². The van der Waals surface area contributed by atoms with Crippen LogP contribution in [0.25, 0.3) is 0 Å². The lowest BCUT2D eigenvalue weighted by atomic mass is 9.90. The maximum atomic E-state index is 13.6. The normalized spacial score (nSPS) is 18.4. The fraction of sp³-hybridized carbons (Fsp3) is 0.500. The molecule has 1 N–H and O–H groups in total. The van der Waals surface area contributed by atoms with Gasteiger partial charge >= 0.3 is 6.18 Å². The van der Waals surface area contributed by atoms with E-state index in [-0.39, 0.29) is 30.1 Å². The van der Waals surface area contributed by atoms with Crippen LogP contribution in [0.4, 0.5) is 17.6 Å². The van der Waals surface area contributed by atoms with Gasteiger partial charge in [-0.3, -0.25) is 4.79 Å². The number of aliphatic hydroxyl groups is 1. The molecule has 22 heavy (non-hydrogen) atoms. The first-order valence-electron chi connectivity index (χ1n) is 6.64. The Hall–Kier alpha value is -1.34. The van der Waals surface area contributed by atoms with Crippen LogP contribution in [0.2, 0.25) is 5.02 Å². The molecule has 122 valence electrons. The predicted octanol–water partition coefficient (Wildman–Crippen LogP) is 2.94. The molecule has 0 atom stereocenters. The highest BCUT2D eigenvalue weighted by Crippen LogP contribution is 2.38. The number of hydrogen-bond acceptors (Lipinski definition) is 2. The van der Waals surface area contributed by atoms with Gasteiger partial charge in [-0.2, -0.15) is 13.2 Å². The van der Waals surface area contributed by atoms with Crippen molar-refractivity contribution in [3.8, 4) is 0 Å². The number of rotatable bonds is 2. The molecule has 0 aromatic heterocycles. The summed E-state index contributed by atoms with van der Waals surface area (Å²) in [5.41, 5.74) is -2.75. The summed E-state index contributed by atoms with van der Waals surface area (Å²) in [5.74, 6) is -1.15. The lowest BCUT2D eigenvalue weighted by Gasteiger charge is -2.39. The van der Waals surface area contributed by atoms with Crippen molar-refractivity contribution in [3.05, 3.63) is 34.6 Å². The molecule has 0 bridgehead atoms. The molecule has 1 saturated heterocycles. The van der Waals surface area contributed by atoms with Crippen LogP contribution in [0, 0.1) is 5.82 Å². The van der Waals surface area contributed by atoms with E-state index < -0.39 is 36.3 Å². The SMILES string of the molecule is O=C(Cc1c(F)cccc1Cl)N1CCC(O)(C(F)(F)F)CC1. The van der Waals surface area contributed by atoms with E-state index in [4.69, 9.17) is 11.6 Å². The number of carbonyl (C=O) groups is 1. The molecule has 1 aliphatic rings. The molecule has 1 amide bonds. The maximum absolute atomic E-state index is 13.6. The zero-order chi connectivity index (χ0) is 16.5. The molecule has 1 aliphatic heterocycles. The van der Waals surface area contributed by atoms with Crippen molar-refractivity contribution in [1.29, 1.82) is 0 Å². The summed E-state index contributed by atoms with van der Waals surface area (Å²) in [6.45, 7) is -0.470. The Morgan fingerprint density at radius 1 is 1.32 bits per heavy atom. The minimum atomic E-state index is -4.73. The predicted molar refractivity (Wildman–Crippen MR) is 71.9 cm³/mol. The lowest BCUT2D eigenvalue weighted by Crippen LogP contribution is -2.54. The van der Waals surface area contributed by atoms with Gasteiger partial charge in [0, 0.05) is 36.5 Å². The maximum Gasteiger partial charge on any atom is 0.417 e. The largest absolute Gasteiger partial charge is 0.417 e. The fourth-order valence-electron chi connectivity index (χ4n) is 2.37. The van der Waals surface area contributed by atoms with Crippen molar-refractivity contribution in [2.75, 3.05) is 13.1 Å². The molecule has 0 radical (unpaired) electrons. The molecule has 1 heterocycles. The Morgan fingerprint density at radius 2 is 1.91 bits per heavy atom. The van der Waals surface area contributed by atoms with E-state index in [2.05, 4.69) is 0 Å². The van der Waals surface area contributed by atoms with Gasteiger partial charge in [-0.15, -0.1) is 0 Å². The van der Waals surface area contributed by atoms with Crippen LogP contribution in [0.3, 0.4) is 0 Å². The monoisotopic (exact) mass is 339 g/mol. The lowest BCUT2D eigenvalue weighted by molar-refractivity contribution is -0.272. The summed E-state index contributed by atoms with van der Waals surface area (Å²) < 4.78 is 51.7. The summed E-state index contributed by atoms with van der Waals surface area (Å²) in [4.78, 5) is 13.3. The number of hydrogen-bond donors (Lipinski definition) is 1. The molecule has 3 nitrogen and oxygen atoms in total. The first kappa shape index (κ1) is 17.0. The first-order chi connectivity index (χ1) is 10.1. The van der Waals surface area contributed by atoms with Crippen LogP contribution in [-0.2, 0) is 11.2 Å². The zero-order valence-corrected chi connectivity index (χ0v) is 12.2. The Labute approximate surface area is 129 Å². The smallest absolute Gasteiger partial charge is 0.380 e. The Morgan fingerprint density at radius 3 is 2.41 bits per heavy atom. The van der Waals surface area contributed by atoms with Crippen LogP contribution in [0.15, 0.2) is 18.2 Å². The van der Waals surface area contributed by atoms with E-state index in [1.54, 1.807) is 0 Å². The van der Waals surface area contributed by atoms with Gasteiger partial charge in [0.2, 0.25) is 5.91 Å². The van der Waals surface area contributed by atoms with Crippen molar-refractivity contribution in [2.45, 2.75) is 31.0 Å². The van der Waals surface area contributed by atoms with Crippen LogP contribution in [-0.4, -0.2) is 40.8 Å². The van der Waals surface area contributed by atoms with Gasteiger partial charge in [0.1, 0.15) is 5.82 Å². The molecule has 0 aliphatic carbocycles. The van der Waals surface area contributed by atoms with E-state index in [9.17, 15) is 27.5 Å². The quantitative estimate of drug-likeness (QED) is 0.842. The van der Waals surface area contributed by atoms with Gasteiger partial charge in [-0.05, 0) is 12.1 Å². The van der Waals surface area contributed by atoms with Gasteiger partial charge in [-0.25, -0.2) is 4.39 Å². The molecular weight excluding hydrogens is 326 g/mol. The molecule has 0 saturated carbocycles. The summed E-state index contributed by atoms with van der Waals surface area (Å²) in [6, 6.07) is 3.99. The number of benzene rings is 1. The highest BCUT2D eigenvalue weighted by Gasteiger charge is 2.54. The topological polar surface area (TPSA) is 40.5 Å². The molecule has 0 spiro atoms. The van der Waals surface area contributed by atoms with Crippen LogP contribution in [0.5, 0.6) is 0 Å². The number of halogens is 5. The van der Waals surface area contributed by atoms with Gasteiger partial charge in [-0.1, -0.05) is 17.7 Å². The van der Waals surface area contributed by atoms with E-state index in [1.807, 2.05) is 0 Å². The summed E-state index contributed by atoms with van der Waals surface area (Å²) >= 11 is 5.82. The van der Waals surface area contributed by atoms with E-state index in [0.717, 1.165) is 6.07 Å². The third-order valence-corrected chi connectivity index (χ3v) is 4.21. The van der Waals surface area contributed by atoms with Crippen LogP contribution >= 0.6 is 11.6 Å². The van der Waals surface area contributed by atoms with E-state index in [0.29, 0.717) is 0 Å². The standard InChI is InChI=1S/C14H14ClF4NO2/c15-10-2-1-3-11(16)9(10)8-12(21)20-6-4-13(22,5-7-20)14(17,18)19/h1-3,22H,4-8H2. The Kier molecular flexibility index (Phi) is 4.67. The molecule has 1 fully saturated rings. The van der Waals surface area contributed by atoms with Crippen molar-refractivity contribution >= 4 is 17.5 Å². The summed E-state index contributed by atoms with van der Waals surface area (Å²) in [5, 5.41) is 9.64. The number of amides is 1. The first-order valence-corrected chi connectivity index (χ1v) is 7.01. The van der Waals surface area contributed by atoms with Crippen molar-refractivity contribution < 1.29 is 27.5 Å². The summed E-state index contributed by atoms with van der Waals surface area (Å²) in [7, 11) is 0. The Balaban J connectivity index is 2.02. The highest BCUT2D eigenvalue weighted by molar-refractivity contribution is 6.31. The minimum absolute atomic E-state index is 0.0193. The zero-order valence-electron chi connectivity index (χ0n) is 11.5. The molecule has 2 rings (SSSR count). The van der Waals surface area contributed by atoms with Crippen LogP contribution in [0.1, 0.15) is 18.4 Å². The number of alkyl halides is 3. The molecule has 1 aromatic rings. The highest BCUT2D eigenvalue weighted by atomic mass is 35.5. The van der Waals surface area contributed by atoms with Crippen LogP contribution < -0.4 is 0 Å². The second-order valence-corrected chi connectivity index (χ2v) is 5.69. The number of likely N-dealkylation sites (tertiary alicyclic amines) is 1. The van der Waals surface area contributed by atoms with Crippen molar-refractivity contribution in [2.24, 2.45) is 0 Å². The Bertz CT molecular complexity index is 548. The van der Waals surface area contributed by atoms with Gasteiger partial charge in [0.05, 0.1) is 6.42 Å². The molecular formula is C14H14ClF4NO2. The molecule has 0 unspecified atom stereocenters. The fourth-order valence-corrected chi connectivity index (χ4v) is 2.60. The molecule has 8 heteroatoms. The number of nitrogens with zero attached hydrogens (tertiary/aromatic N) is 1. The second-order valence-electron chi connectivity index (χ2n) is 5.29. The van der Waals surface area contributed by atoms with E-state index >= 15 is 0 Å². The van der Waals surface area contributed by atoms with Gasteiger partial charge in [0.15, 0.2) is 5.60 Å². The number of piperidine rings is 1. The van der Waals surface area contributed by atoms with E-state index in [1.165, 1.54) is 17.0 Å². The van der Waals surface area contributed by atoms with Crippen molar-refractivity contribution in [3.63, 3.8) is 0 Å². The average molecular weight is 340 g/mol. The third kappa shape index (κ3) is 3.35. The molecule has 1 aromatic carbocycles. The second kappa shape index (κ2) is 6.04. The number of carbonyl (C=O) groups excluding carboxylic acids is 1. The van der Waals surface area contributed by atoms with Gasteiger partial charge in [0.25, 0.3) is 0 Å². The summed E-state index contributed by atoms with van der Waals surface area (Å²) in [6.07, 6.45) is -6.23. The minimum Gasteiger partial charge on any atom is -0.380 e. The third-order valence-electron chi connectivity index (χ3n) is 3.86. The van der Waals surface area contributed by atoms with Crippen molar-refractivity contribution in [1.82, 2.24) is 4.90 Å². The average Bonchev–Trinajstić information content (AvgIpc) is 2.42.